The number of ether oxygens (including phenoxy) is 1. The Morgan fingerprint density at radius 3 is 2.20 bits per heavy atom. The standard InChI is InChI=1S/C18H17ClN2O4/c1-11-3-4-14(9-12(11)2)18(24)25-10-16(22)20-21-17(23)13-5-7-15(19)8-6-13/h3-9H,10H2,1-2H3,(H,20,22)(H,21,23). The molecule has 2 N–H and O–H groups in total. The summed E-state index contributed by atoms with van der Waals surface area (Å²) in [6.07, 6.45) is 0. The second kappa shape index (κ2) is 8.30. The Kier molecular flexibility index (Phi) is 6.14. The van der Waals surface area contributed by atoms with Gasteiger partial charge in [-0.15, -0.1) is 0 Å². The molecule has 0 bridgehead atoms. The van der Waals surface area contributed by atoms with Crippen molar-refractivity contribution in [1.29, 1.82) is 0 Å². The number of aryl methyl sites for hydroxylation is 2. The van der Waals surface area contributed by atoms with Crippen LogP contribution in [0.4, 0.5) is 0 Å². The molecule has 2 amide bonds. The van der Waals surface area contributed by atoms with Gasteiger partial charge in [0, 0.05) is 10.6 Å². The molecule has 2 aromatic carbocycles. The summed E-state index contributed by atoms with van der Waals surface area (Å²) in [5, 5.41) is 0.499. The first-order chi connectivity index (χ1) is 11.9. The summed E-state index contributed by atoms with van der Waals surface area (Å²) in [5.41, 5.74) is 7.10. The molecule has 130 valence electrons. The van der Waals surface area contributed by atoms with Crippen molar-refractivity contribution in [3.05, 3.63) is 69.7 Å². The van der Waals surface area contributed by atoms with E-state index >= 15 is 0 Å². The largest absolute Gasteiger partial charge is 0.452 e. The summed E-state index contributed by atoms with van der Waals surface area (Å²) in [5.74, 6) is -1.77. The number of hydrogen-bond donors (Lipinski definition) is 2. The average molecular weight is 361 g/mol. The lowest BCUT2D eigenvalue weighted by Gasteiger charge is -2.09. The van der Waals surface area contributed by atoms with E-state index in [0.29, 0.717) is 16.1 Å². The summed E-state index contributed by atoms with van der Waals surface area (Å²) in [4.78, 5) is 35.4. The van der Waals surface area contributed by atoms with Crippen LogP contribution in [0.1, 0.15) is 31.8 Å². The van der Waals surface area contributed by atoms with Gasteiger partial charge in [-0.25, -0.2) is 4.79 Å². The number of hydrazine groups is 1. The predicted octanol–water partition coefficient (Wildman–Crippen LogP) is 2.57. The van der Waals surface area contributed by atoms with Crippen LogP contribution < -0.4 is 10.9 Å². The van der Waals surface area contributed by atoms with Gasteiger partial charge in [0.05, 0.1) is 5.56 Å². The molecule has 25 heavy (non-hydrogen) atoms. The maximum Gasteiger partial charge on any atom is 0.338 e. The van der Waals surface area contributed by atoms with Crippen LogP contribution in [-0.2, 0) is 9.53 Å². The third-order valence-electron chi connectivity index (χ3n) is 3.50. The van der Waals surface area contributed by atoms with E-state index in [2.05, 4.69) is 10.9 Å². The molecule has 0 spiro atoms. The molecular formula is C18H17ClN2O4. The van der Waals surface area contributed by atoms with Crippen molar-refractivity contribution in [2.45, 2.75) is 13.8 Å². The highest BCUT2D eigenvalue weighted by Crippen LogP contribution is 2.11. The monoisotopic (exact) mass is 360 g/mol. The van der Waals surface area contributed by atoms with Gasteiger partial charge in [-0.1, -0.05) is 17.7 Å². The Balaban J connectivity index is 1.80. The fourth-order valence-electron chi connectivity index (χ4n) is 1.92. The van der Waals surface area contributed by atoms with Crippen molar-refractivity contribution < 1.29 is 19.1 Å². The first-order valence-electron chi connectivity index (χ1n) is 7.46. The number of benzene rings is 2. The summed E-state index contributed by atoms with van der Waals surface area (Å²) in [7, 11) is 0. The molecule has 0 aliphatic carbocycles. The van der Waals surface area contributed by atoms with Crippen LogP contribution in [0.3, 0.4) is 0 Å². The third-order valence-corrected chi connectivity index (χ3v) is 3.75. The van der Waals surface area contributed by atoms with Crippen LogP contribution in [-0.4, -0.2) is 24.4 Å². The van der Waals surface area contributed by atoms with Crippen molar-refractivity contribution >= 4 is 29.4 Å². The highest BCUT2D eigenvalue weighted by atomic mass is 35.5. The Morgan fingerprint density at radius 2 is 1.56 bits per heavy atom. The van der Waals surface area contributed by atoms with Gasteiger partial charge in [0.2, 0.25) is 0 Å². The van der Waals surface area contributed by atoms with E-state index in [1.165, 1.54) is 12.1 Å². The van der Waals surface area contributed by atoms with E-state index < -0.39 is 24.4 Å². The van der Waals surface area contributed by atoms with E-state index in [9.17, 15) is 14.4 Å². The van der Waals surface area contributed by atoms with Crippen LogP contribution in [0, 0.1) is 13.8 Å². The minimum atomic E-state index is -0.653. The first-order valence-corrected chi connectivity index (χ1v) is 7.84. The van der Waals surface area contributed by atoms with E-state index in [4.69, 9.17) is 16.3 Å². The molecule has 6 nitrogen and oxygen atoms in total. The molecule has 0 heterocycles. The topological polar surface area (TPSA) is 84.5 Å². The molecule has 0 saturated heterocycles. The summed E-state index contributed by atoms with van der Waals surface area (Å²) >= 11 is 5.73. The zero-order valence-corrected chi connectivity index (χ0v) is 14.5. The zero-order chi connectivity index (χ0) is 18.4. The van der Waals surface area contributed by atoms with Gasteiger partial charge in [0.25, 0.3) is 11.8 Å². The number of esters is 1. The maximum absolute atomic E-state index is 11.9. The maximum atomic E-state index is 11.9. The fraction of sp³-hybridized carbons (Fsp3) is 0.167. The van der Waals surface area contributed by atoms with Crippen LogP contribution in [0.15, 0.2) is 42.5 Å². The van der Waals surface area contributed by atoms with Crippen molar-refractivity contribution in [2.24, 2.45) is 0 Å². The van der Waals surface area contributed by atoms with Crippen molar-refractivity contribution in [3.63, 3.8) is 0 Å². The Hall–Kier alpha value is -2.86. The molecule has 2 aromatic rings. The molecule has 0 atom stereocenters. The minimum Gasteiger partial charge on any atom is -0.452 e. The number of halogens is 1. The first kappa shape index (κ1) is 18.5. The van der Waals surface area contributed by atoms with E-state index in [1.54, 1.807) is 30.3 Å². The Bertz CT molecular complexity index is 803. The van der Waals surface area contributed by atoms with Gasteiger partial charge in [0.1, 0.15) is 0 Å². The van der Waals surface area contributed by atoms with Gasteiger partial charge >= 0.3 is 5.97 Å². The second-order valence-corrected chi connectivity index (χ2v) is 5.82. The number of carbonyl (C=O) groups is 3. The Labute approximate surface area is 150 Å². The molecule has 7 heteroatoms. The highest BCUT2D eigenvalue weighted by molar-refractivity contribution is 6.30. The molecule has 0 unspecified atom stereocenters. The number of rotatable bonds is 4. The number of amides is 2. The fourth-order valence-corrected chi connectivity index (χ4v) is 2.04. The van der Waals surface area contributed by atoms with Gasteiger partial charge in [0.15, 0.2) is 6.61 Å². The molecule has 0 fully saturated rings. The summed E-state index contributed by atoms with van der Waals surface area (Å²) in [6.45, 7) is 3.30. The van der Waals surface area contributed by atoms with E-state index in [0.717, 1.165) is 11.1 Å². The van der Waals surface area contributed by atoms with Crippen molar-refractivity contribution in [3.8, 4) is 0 Å². The number of carbonyl (C=O) groups excluding carboxylic acids is 3. The normalized spacial score (nSPS) is 10.0. The quantitative estimate of drug-likeness (QED) is 0.648. The predicted molar refractivity (Wildman–Crippen MR) is 93.3 cm³/mol. The van der Waals surface area contributed by atoms with E-state index in [-0.39, 0.29) is 0 Å². The van der Waals surface area contributed by atoms with Gasteiger partial charge in [-0.05, 0) is 61.4 Å². The summed E-state index contributed by atoms with van der Waals surface area (Å²) in [6, 6.07) is 11.3. The van der Waals surface area contributed by atoms with Crippen molar-refractivity contribution in [2.75, 3.05) is 6.61 Å². The molecule has 0 aromatic heterocycles. The molecule has 0 aliphatic rings. The molecular weight excluding hydrogens is 344 g/mol. The Morgan fingerprint density at radius 1 is 0.920 bits per heavy atom. The molecule has 0 radical (unpaired) electrons. The summed E-state index contributed by atoms with van der Waals surface area (Å²) < 4.78 is 4.92. The SMILES string of the molecule is Cc1ccc(C(=O)OCC(=O)NNC(=O)c2ccc(Cl)cc2)cc1C. The number of hydrogen-bond acceptors (Lipinski definition) is 4. The lowest BCUT2D eigenvalue weighted by molar-refractivity contribution is -0.125. The number of nitrogens with one attached hydrogen (secondary N) is 2. The van der Waals surface area contributed by atoms with Crippen LogP contribution in [0.5, 0.6) is 0 Å². The smallest absolute Gasteiger partial charge is 0.338 e. The minimum absolute atomic E-state index is 0.330. The zero-order valence-electron chi connectivity index (χ0n) is 13.8. The van der Waals surface area contributed by atoms with Gasteiger partial charge in [-0.2, -0.15) is 0 Å². The molecule has 2 rings (SSSR count). The van der Waals surface area contributed by atoms with E-state index in [1.807, 2.05) is 13.8 Å². The van der Waals surface area contributed by atoms with Gasteiger partial charge in [-0.3, -0.25) is 20.4 Å². The van der Waals surface area contributed by atoms with Crippen LogP contribution in [0.2, 0.25) is 5.02 Å². The van der Waals surface area contributed by atoms with Crippen LogP contribution >= 0.6 is 11.6 Å². The van der Waals surface area contributed by atoms with Crippen LogP contribution in [0.25, 0.3) is 0 Å². The average Bonchev–Trinajstić information content (AvgIpc) is 2.60. The van der Waals surface area contributed by atoms with Gasteiger partial charge < -0.3 is 4.74 Å². The molecule has 0 aliphatic heterocycles. The second-order valence-electron chi connectivity index (χ2n) is 5.38. The highest BCUT2D eigenvalue weighted by Gasteiger charge is 2.12. The third kappa shape index (κ3) is 5.32. The lowest BCUT2D eigenvalue weighted by atomic mass is 10.1. The van der Waals surface area contributed by atoms with Crippen molar-refractivity contribution in [1.82, 2.24) is 10.9 Å². The lowest BCUT2D eigenvalue weighted by Crippen LogP contribution is -2.43. The molecule has 0 saturated carbocycles.